The number of hydrogen-bond donors (Lipinski definition) is 2. The number of nitrogens with two attached hydrogens (primary N) is 1. The van der Waals surface area contributed by atoms with E-state index in [9.17, 15) is 0 Å². The average molecular weight is 248 g/mol. The van der Waals surface area contributed by atoms with Crippen LogP contribution < -0.4 is 16.0 Å². The normalized spacial score (nSPS) is 12.4. The Labute approximate surface area is 105 Å². The summed E-state index contributed by atoms with van der Waals surface area (Å²) in [6.07, 6.45) is 0. The zero-order valence-corrected chi connectivity index (χ0v) is 10.8. The van der Waals surface area contributed by atoms with E-state index in [1.807, 2.05) is 24.4 Å². The monoisotopic (exact) mass is 248 g/mol. The van der Waals surface area contributed by atoms with Crippen LogP contribution in [0.25, 0.3) is 0 Å². The summed E-state index contributed by atoms with van der Waals surface area (Å²) in [5, 5.41) is 2.04. The molecule has 4 heteroatoms. The SMILES string of the molecule is COc1cc(C)ccc1C(NN)c1cccs1. The van der Waals surface area contributed by atoms with Crippen LogP contribution in [0.15, 0.2) is 35.7 Å². The van der Waals surface area contributed by atoms with Crippen LogP contribution in [0.4, 0.5) is 0 Å². The third-order valence-electron chi connectivity index (χ3n) is 2.69. The van der Waals surface area contributed by atoms with Crippen LogP contribution in [-0.4, -0.2) is 7.11 Å². The molecule has 2 aromatic rings. The van der Waals surface area contributed by atoms with Crippen molar-refractivity contribution < 1.29 is 4.74 Å². The van der Waals surface area contributed by atoms with Crippen molar-refractivity contribution in [2.45, 2.75) is 13.0 Å². The molecule has 3 nitrogen and oxygen atoms in total. The van der Waals surface area contributed by atoms with Gasteiger partial charge in [0.15, 0.2) is 0 Å². The standard InChI is InChI=1S/C13H16N2OS/c1-9-5-6-10(11(8-9)16-2)13(15-14)12-4-3-7-17-12/h3-8,13,15H,14H2,1-2H3. The van der Waals surface area contributed by atoms with Crippen LogP contribution in [0.2, 0.25) is 0 Å². The number of nitrogens with one attached hydrogen (secondary N) is 1. The first-order chi connectivity index (χ1) is 8.26. The van der Waals surface area contributed by atoms with E-state index in [1.165, 1.54) is 10.4 Å². The Morgan fingerprint density at radius 2 is 2.18 bits per heavy atom. The minimum absolute atomic E-state index is 0.0226. The second kappa shape index (κ2) is 5.31. The van der Waals surface area contributed by atoms with Gasteiger partial charge in [-0.25, -0.2) is 5.43 Å². The van der Waals surface area contributed by atoms with Gasteiger partial charge in [0.25, 0.3) is 0 Å². The maximum Gasteiger partial charge on any atom is 0.124 e. The van der Waals surface area contributed by atoms with E-state index >= 15 is 0 Å². The van der Waals surface area contributed by atoms with Gasteiger partial charge in [-0.3, -0.25) is 5.84 Å². The molecule has 2 rings (SSSR count). The highest BCUT2D eigenvalue weighted by Crippen LogP contribution is 2.32. The second-order valence-corrected chi connectivity index (χ2v) is 4.84. The fourth-order valence-electron chi connectivity index (χ4n) is 1.84. The Bertz CT molecular complexity index is 482. The van der Waals surface area contributed by atoms with Crippen molar-refractivity contribution in [2.24, 2.45) is 5.84 Å². The summed E-state index contributed by atoms with van der Waals surface area (Å²) in [4.78, 5) is 1.18. The van der Waals surface area contributed by atoms with Crippen molar-refractivity contribution in [1.82, 2.24) is 5.43 Å². The number of ether oxygens (including phenoxy) is 1. The number of rotatable bonds is 4. The summed E-state index contributed by atoms with van der Waals surface area (Å²) in [6.45, 7) is 2.04. The van der Waals surface area contributed by atoms with Gasteiger partial charge in [0.05, 0.1) is 13.2 Å². The van der Waals surface area contributed by atoms with E-state index in [-0.39, 0.29) is 6.04 Å². The van der Waals surface area contributed by atoms with Crippen molar-refractivity contribution in [3.05, 3.63) is 51.7 Å². The van der Waals surface area contributed by atoms with Crippen LogP contribution in [0, 0.1) is 6.92 Å². The molecule has 90 valence electrons. The van der Waals surface area contributed by atoms with Gasteiger partial charge < -0.3 is 4.74 Å². The molecule has 1 unspecified atom stereocenters. The lowest BCUT2D eigenvalue weighted by Crippen LogP contribution is -2.28. The molecule has 1 aromatic heterocycles. The van der Waals surface area contributed by atoms with Crippen LogP contribution in [0.3, 0.4) is 0 Å². The molecule has 1 atom stereocenters. The molecular weight excluding hydrogens is 232 g/mol. The second-order valence-electron chi connectivity index (χ2n) is 3.86. The minimum atomic E-state index is -0.0226. The number of thiophene rings is 1. The first-order valence-electron chi connectivity index (χ1n) is 5.40. The molecule has 0 saturated heterocycles. The maximum atomic E-state index is 5.66. The highest BCUT2D eigenvalue weighted by molar-refractivity contribution is 7.10. The summed E-state index contributed by atoms with van der Waals surface area (Å²) in [7, 11) is 1.68. The lowest BCUT2D eigenvalue weighted by Gasteiger charge is -2.18. The number of benzene rings is 1. The van der Waals surface area contributed by atoms with Crippen LogP contribution in [0.1, 0.15) is 22.0 Å². The molecule has 1 aromatic carbocycles. The Balaban J connectivity index is 2.44. The third-order valence-corrected chi connectivity index (χ3v) is 3.63. The molecule has 0 bridgehead atoms. The fraction of sp³-hybridized carbons (Fsp3) is 0.231. The molecule has 0 aliphatic carbocycles. The van der Waals surface area contributed by atoms with Crippen LogP contribution in [-0.2, 0) is 0 Å². The van der Waals surface area contributed by atoms with Gasteiger partial charge in [0.2, 0.25) is 0 Å². The van der Waals surface area contributed by atoms with Gasteiger partial charge in [-0.2, -0.15) is 0 Å². The summed E-state index contributed by atoms with van der Waals surface area (Å²) >= 11 is 1.68. The molecular formula is C13H16N2OS. The molecule has 0 fully saturated rings. The molecule has 0 spiro atoms. The summed E-state index contributed by atoms with van der Waals surface area (Å²) in [5.41, 5.74) is 5.08. The summed E-state index contributed by atoms with van der Waals surface area (Å²) in [6, 6.07) is 10.2. The molecule has 0 aliphatic heterocycles. The van der Waals surface area contributed by atoms with Gasteiger partial charge in [0, 0.05) is 10.4 Å². The van der Waals surface area contributed by atoms with Crippen molar-refractivity contribution in [2.75, 3.05) is 7.11 Å². The first-order valence-corrected chi connectivity index (χ1v) is 6.28. The van der Waals surface area contributed by atoms with E-state index in [4.69, 9.17) is 10.6 Å². The highest BCUT2D eigenvalue weighted by atomic mass is 32.1. The molecule has 0 amide bonds. The van der Waals surface area contributed by atoms with Gasteiger partial charge in [-0.15, -0.1) is 11.3 Å². The van der Waals surface area contributed by atoms with E-state index in [1.54, 1.807) is 18.4 Å². The minimum Gasteiger partial charge on any atom is -0.496 e. The van der Waals surface area contributed by atoms with Crippen molar-refractivity contribution in [1.29, 1.82) is 0 Å². The van der Waals surface area contributed by atoms with Gasteiger partial charge in [-0.1, -0.05) is 18.2 Å². The lowest BCUT2D eigenvalue weighted by molar-refractivity contribution is 0.404. The van der Waals surface area contributed by atoms with Crippen molar-refractivity contribution in [3.63, 3.8) is 0 Å². The molecule has 0 saturated carbocycles. The molecule has 0 radical (unpaired) electrons. The van der Waals surface area contributed by atoms with Crippen LogP contribution >= 0.6 is 11.3 Å². The van der Waals surface area contributed by atoms with Gasteiger partial charge in [-0.05, 0) is 30.0 Å². The lowest BCUT2D eigenvalue weighted by atomic mass is 10.0. The number of hydrazine groups is 1. The zero-order valence-electron chi connectivity index (χ0n) is 9.94. The van der Waals surface area contributed by atoms with E-state index in [0.29, 0.717) is 0 Å². The summed E-state index contributed by atoms with van der Waals surface area (Å²) in [5.74, 6) is 6.52. The smallest absolute Gasteiger partial charge is 0.124 e. The Morgan fingerprint density at radius 3 is 2.76 bits per heavy atom. The van der Waals surface area contributed by atoms with Crippen molar-refractivity contribution in [3.8, 4) is 5.75 Å². The van der Waals surface area contributed by atoms with Gasteiger partial charge >= 0.3 is 0 Å². The molecule has 3 N–H and O–H groups in total. The van der Waals surface area contributed by atoms with Crippen molar-refractivity contribution >= 4 is 11.3 Å². The zero-order chi connectivity index (χ0) is 12.3. The summed E-state index contributed by atoms with van der Waals surface area (Å²) < 4.78 is 5.42. The number of methoxy groups -OCH3 is 1. The Hall–Kier alpha value is -1.36. The van der Waals surface area contributed by atoms with E-state index in [2.05, 4.69) is 23.6 Å². The quantitative estimate of drug-likeness (QED) is 0.646. The topological polar surface area (TPSA) is 47.3 Å². The largest absolute Gasteiger partial charge is 0.496 e. The fourth-order valence-corrected chi connectivity index (χ4v) is 2.64. The first kappa shape index (κ1) is 12.1. The molecule has 0 aliphatic rings. The number of aryl methyl sites for hydroxylation is 1. The maximum absolute atomic E-state index is 5.66. The van der Waals surface area contributed by atoms with Gasteiger partial charge in [0.1, 0.15) is 5.75 Å². The Kier molecular flexibility index (Phi) is 3.78. The van der Waals surface area contributed by atoms with E-state index in [0.717, 1.165) is 11.3 Å². The third kappa shape index (κ3) is 2.49. The van der Waals surface area contributed by atoms with Crippen LogP contribution in [0.5, 0.6) is 5.75 Å². The Morgan fingerprint density at radius 1 is 1.35 bits per heavy atom. The van der Waals surface area contributed by atoms with E-state index < -0.39 is 0 Å². The number of hydrogen-bond acceptors (Lipinski definition) is 4. The average Bonchev–Trinajstić information content (AvgIpc) is 2.85. The predicted octanol–water partition coefficient (Wildman–Crippen LogP) is 2.62. The predicted molar refractivity (Wildman–Crippen MR) is 71.2 cm³/mol. The highest BCUT2D eigenvalue weighted by Gasteiger charge is 2.17. The molecule has 17 heavy (non-hydrogen) atoms. The molecule has 1 heterocycles.